The van der Waals surface area contributed by atoms with Crippen LogP contribution in [0.15, 0.2) is 42.1 Å². The third-order valence-electron chi connectivity index (χ3n) is 5.94. The molecule has 1 fully saturated rings. The molecule has 33 heavy (non-hydrogen) atoms. The monoisotopic (exact) mass is 448 g/mol. The third-order valence-corrected chi connectivity index (χ3v) is 5.94. The van der Waals surface area contributed by atoms with Crippen LogP contribution in [0.5, 0.6) is 5.75 Å². The highest BCUT2D eigenvalue weighted by molar-refractivity contribution is 6.03. The molecule has 4 rings (SSSR count). The predicted octanol–water partition coefficient (Wildman–Crippen LogP) is 4.29. The Morgan fingerprint density at radius 1 is 1.36 bits per heavy atom. The number of hydrogen-bond acceptors (Lipinski definition) is 7. The van der Waals surface area contributed by atoms with Crippen LogP contribution in [0, 0.1) is 22.6 Å². The molecule has 2 heterocycles. The van der Waals surface area contributed by atoms with E-state index in [4.69, 9.17) is 21.3 Å². The van der Waals surface area contributed by atoms with Gasteiger partial charge in [-0.25, -0.2) is 9.37 Å². The first-order chi connectivity index (χ1) is 15.9. The minimum Gasteiger partial charge on any atom is -0.482 e. The van der Waals surface area contributed by atoms with Crippen molar-refractivity contribution in [2.45, 2.75) is 32.8 Å². The van der Waals surface area contributed by atoms with E-state index in [9.17, 15) is 4.39 Å². The van der Waals surface area contributed by atoms with Crippen LogP contribution >= 0.6 is 0 Å². The Morgan fingerprint density at radius 2 is 2.15 bits per heavy atom. The number of benzene rings is 1. The zero-order valence-electron chi connectivity index (χ0n) is 18.8. The highest BCUT2D eigenvalue weighted by atomic mass is 19.1. The lowest BCUT2D eigenvalue weighted by molar-refractivity contribution is 0.226. The van der Waals surface area contributed by atoms with Gasteiger partial charge in [-0.1, -0.05) is 0 Å². The molecule has 1 aliphatic carbocycles. The van der Waals surface area contributed by atoms with Gasteiger partial charge < -0.3 is 31.9 Å². The van der Waals surface area contributed by atoms with E-state index in [1.807, 2.05) is 13.0 Å². The van der Waals surface area contributed by atoms with Crippen molar-refractivity contribution in [1.29, 1.82) is 10.8 Å². The molecule has 6 N–H and O–H groups in total. The van der Waals surface area contributed by atoms with E-state index in [2.05, 4.69) is 15.6 Å². The highest BCUT2D eigenvalue weighted by Gasteiger charge is 2.24. The van der Waals surface area contributed by atoms with Crippen molar-refractivity contribution in [2.75, 3.05) is 18.8 Å². The highest BCUT2D eigenvalue weighted by Crippen LogP contribution is 2.34. The summed E-state index contributed by atoms with van der Waals surface area (Å²) in [5.74, 6) is 0.886. The molecule has 8 heteroatoms. The van der Waals surface area contributed by atoms with Gasteiger partial charge in [-0.3, -0.25) is 0 Å². The Kier molecular flexibility index (Phi) is 6.44. The number of rotatable bonds is 5. The number of fused-ring (bicyclic) bond motifs is 3. The molecule has 0 saturated heterocycles. The van der Waals surface area contributed by atoms with Crippen molar-refractivity contribution in [2.24, 2.45) is 5.92 Å². The number of halogens is 1. The Bertz CT molecular complexity index is 1150. The van der Waals surface area contributed by atoms with Crippen molar-refractivity contribution < 1.29 is 9.13 Å². The Labute approximate surface area is 193 Å². The molecule has 1 atom stereocenters. The lowest BCUT2D eigenvalue weighted by atomic mass is 9.98. The maximum Gasteiger partial charge on any atom is 0.166 e. The molecular formula is C25H29FN6O. The summed E-state index contributed by atoms with van der Waals surface area (Å²) < 4.78 is 20.4. The number of ether oxygens (including phenoxy) is 1. The molecule has 1 saturated carbocycles. The molecular weight excluding hydrogens is 419 g/mol. The first-order valence-corrected chi connectivity index (χ1v) is 11.1. The lowest BCUT2D eigenvalue weighted by Gasteiger charge is -2.25. The summed E-state index contributed by atoms with van der Waals surface area (Å²) in [6.07, 6.45) is 6.36. The predicted molar refractivity (Wildman–Crippen MR) is 130 cm³/mol. The standard InChI is InChI=1S/C25H29FN6O/c1-14(28)21-13-30-22(7-8-27)19-6-5-18(26)10-20(19)15(2)33-23-9-17(12-32-25(23)29)24(21)31-11-16-3-4-16/h5-10,12,15-16,27-28,30-31H,3-4,11,13H2,1-2H3,(H2,29,32)/b22-7-,24-21-,27-8?,28-14?. The SMILES string of the molecule is CC(=N)/C1=C(\NCC2CC2)c2cnc(N)c(c2)OC(C)c2cc(F)ccc2/C(=C/C=N)NC1. The van der Waals surface area contributed by atoms with Crippen LogP contribution < -0.4 is 21.1 Å². The van der Waals surface area contributed by atoms with E-state index in [1.54, 1.807) is 25.3 Å². The van der Waals surface area contributed by atoms with Gasteiger partial charge in [-0.05, 0) is 62.9 Å². The smallest absolute Gasteiger partial charge is 0.166 e. The summed E-state index contributed by atoms with van der Waals surface area (Å²) in [6, 6.07) is 6.31. The molecule has 2 bridgehead atoms. The number of nitrogen functional groups attached to an aromatic ring is 1. The van der Waals surface area contributed by atoms with Gasteiger partial charge in [0.05, 0.1) is 0 Å². The van der Waals surface area contributed by atoms with E-state index in [0.717, 1.165) is 23.4 Å². The van der Waals surface area contributed by atoms with Gasteiger partial charge in [-0.2, -0.15) is 0 Å². The maximum atomic E-state index is 14.2. The number of nitrogens with one attached hydrogen (secondary N) is 4. The minimum atomic E-state index is -0.527. The zero-order chi connectivity index (χ0) is 23.5. The number of nitrogens with zero attached hydrogens (tertiary/aromatic N) is 1. The van der Waals surface area contributed by atoms with E-state index in [-0.39, 0.29) is 11.6 Å². The lowest BCUT2D eigenvalue weighted by Crippen LogP contribution is -2.26. The van der Waals surface area contributed by atoms with Crippen molar-refractivity contribution in [3.63, 3.8) is 0 Å². The van der Waals surface area contributed by atoms with Crippen LogP contribution in [0.4, 0.5) is 10.2 Å². The van der Waals surface area contributed by atoms with Crippen LogP contribution in [0.2, 0.25) is 0 Å². The van der Waals surface area contributed by atoms with Crippen LogP contribution in [-0.4, -0.2) is 30.0 Å². The topological polar surface area (TPSA) is 120 Å². The van der Waals surface area contributed by atoms with Gasteiger partial charge in [0, 0.05) is 64.9 Å². The van der Waals surface area contributed by atoms with E-state index in [0.29, 0.717) is 40.7 Å². The van der Waals surface area contributed by atoms with Crippen LogP contribution in [0.25, 0.3) is 11.4 Å². The number of anilines is 1. The number of hydrogen-bond donors (Lipinski definition) is 5. The van der Waals surface area contributed by atoms with Crippen molar-refractivity contribution in [3.8, 4) is 5.75 Å². The zero-order valence-corrected chi connectivity index (χ0v) is 18.8. The average Bonchev–Trinajstić information content (AvgIpc) is 3.60. The Morgan fingerprint density at radius 3 is 2.85 bits per heavy atom. The summed E-state index contributed by atoms with van der Waals surface area (Å²) >= 11 is 0. The van der Waals surface area contributed by atoms with Gasteiger partial charge in [0.25, 0.3) is 0 Å². The average molecular weight is 449 g/mol. The molecule has 1 aliphatic heterocycles. The molecule has 2 aliphatic rings. The number of allylic oxidation sites excluding steroid dienone is 1. The van der Waals surface area contributed by atoms with Crippen LogP contribution in [-0.2, 0) is 0 Å². The fourth-order valence-corrected chi connectivity index (χ4v) is 3.93. The number of nitrogens with two attached hydrogens (primary N) is 1. The van der Waals surface area contributed by atoms with Gasteiger partial charge >= 0.3 is 0 Å². The second kappa shape index (κ2) is 9.44. The van der Waals surface area contributed by atoms with E-state index in [1.165, 1.54) is 31.2 Å². The molecule has 0 radical (unpaired) electrons. The maximum absolute atomic E-state index is 14.2. The summed E-state index contributed by atoms with van der Waals surface area (Å²) in [7, 11) is 0. The summed E-state index contributed by atoms with van der Waals surface area (Å²) in [4.78, 5) is 4.34. The van der Waals surface area contributed by atoms with Gasteiger partial charge in [-0.15, -0.1) is 0 Å². The van der Waals surface area contributed by atoms with Crippen molar-refractivity contribution >= 4 is 29.1 Å². The van der Waals surface area contributed by atoms with Gasteiger partial charge in [0.15, 0.2) is 11.6 Å². The largest absolute Gasteiger partial charge is 0.482 e. The Hall–Kier alpha value is -3.68. The molecule has 0 amide bonds. The second-order valence-corrected chi connectivity index (χ2v) is 8.50. The van der Waals surface area contributed by atoms with Gasteiger partial charge in [0.2, 0.25) is 0 Å². The molecule has 1 unspecified atom stereocenters. The second-order valence-electron chi connectivity index (χ2n) is 8.50. The third kappa shape index (κ3) is 5.05. The van der Waals surface area contributed by atoms with Crippen LogP contribution in [0.3, 0.4) is 0 Å². The molecule has 1 aromatic heterocycles. The first-order valence-electron chi connectivity index (χ1n) is 11.1. The number of aromatic nitrogens is 1. The normalized spacial score (nSPS) is 21.7. The first kappa shape index (κ1) is 22.5. The van der Waals surface area contributed by atoms with Crippen molar-refractivity contribution in [1.82, 2.24) is 15.6 Å². The molecule has 0 spiro atoms. The van der Waals surface area contributed by atoms with E-state index >= 15 is 0 Å². The van der Waals surface area contributed by atoms with E-state index < -0.39 is 6.10 Å². The summed E-state index contributed by atoms with van der Waals surface area (Å²) in [5, 5.41) is 23.0. The summed E-state index contributed by atoms with van der Waals surface area (Å²) in [5.41, 5.74) is 10.8. The molecule has 7 nitrogen and oxygen atoms in total. The molecule has 2 aromatic rings. The molecule has 172 valence electrons. The molecule has 1 aromatic carbocycles. The Balaban J connectivity index is 1.89. The fraction of sp³-hybridized carbons (Fsp3) is 0.320. The summed E-state index contributed by atoms with van der Waals surface area (Å²) in [6.45, 7) is 4.73. The fourth-order valence-electron chi connectivity index (χ4n) is 3.93. The van der Waals surface area contributed by atoms with Crippen LogP contribution in [0.1, 0.15) is 49.5 Å². The minimum absolute atomic E-state index is 0.240. The van der Waals surface area contributed by atoms with Crippen molar-refractivity contribution in [3.05, 3.63) is 64.6 Å². The van der Waals surface area contributed by atoms with Gasteiger partial charge in [0.1, 0.15) is 11.9 Å². The number of pyridine rings is 1. The quantitative estimate of drug-likeness (QED) is 0.437.